The summed E-state index contributed by atoms with van der Waals surface area (Å²) in [5.74, 6) is -0.261. The Labute approximate surface area is 129 Å². The van der Waals surface area contributed by atoms with Crippen LogP contribution in [0.4, 0.5) is 0 Å². The predicted octanol–water partition coefficient (Wildman–Crippen LogP) is 3.27. The highest BCUT2D eigenvalue weighted by Crippen LogP contribution is 2.14. The number of rotatable bonds is 5. The summed E-state index contributed by atoms with van der Waals surface area (Å²) in [5, 5.41) is 3.18. The molecule has 1 N–H and O–H groups in total. The molecule has 21 heavy (non-hydrogen) atoms. The van der Waals surface area contributed by atoms with Gasteiger partial charge < -0.3 is 5.32 Å². The van der Waals surface area contributed by atoms with Gasteiger partial charge in [0.15, 0.2) is 0 Å². The maximum Gasteiger partial charge on any atom is 0.271 e. The molecule has 110 valence electrons. The van der Waals surface area contributed by atoms with Crippen LogP contribution in [0.5, 0.6) is 0 Å². The maximum absolute atomic E-state index is 12.2. The molecule has 4 nitrogen and oxygen atoms in total. The van der Waals surface area contributed by atoms with Crippen LogP contribution in [-0.2, 0) is 6.42 Å². The Kier molecular flexibility index (Phi) is 4.91. The average molecular weight is 304 g/mol. The van der Waals surface area contributed by atoms with Crippen molar-refractivity contribution in [2.75, 3.05) is 0 Å². The molecule has 1 aromatic carbocycles. The van der Waals surface area contributed by atoms with Crippen molar-refractivity contribution in [1.82, 2.24) is 15.3 Å². The van der Waals surface area contributed by atoms with Crippen LogP contribution < -0.4 is 5.32 Å². The first kappa shape index (κ1) is 15.4. The van der Waals surface area contributed by atoms with Crippen molar-refractivity contribution in [3.8, 4) is 0 Å². The summed E-state index contributed by atoms with van der Waals surface area (Å²) in [6, 6.07) is 10.2. The molecule has 0 aliphatic carbocycles. The number of carbonyl (C=O) groups excluding carboxylic acids is 1. The lowest BCUT2D eigenvalue weighted by molar-refractivity contribution is 0.0904. The van der Waals surface area contributed by atoms with Crippen molar-refractivity contribution in [1.29, 1.82) is 0 Å². The third-order valence-electron chi connectivity index (χ3n) is 3.17. The fourth-order valence-corrected chi connectivity index (χ4v) is 2.13. The van der Waals surface area contributed by atoms with Crippen LogP contribution in [0.15, 0.2) is 42.7 Å². The number of amides is 1. The summed E-state index contributed by atoms with van der Waals surface area (Å²) < 4.78 is 0. The first-order chi connectivity index (χ1) is 9.96. The lowest BCUT2D eigenvalue weighted by Gasteiger charge is -2.26. The fraction of sp³-hybridized carbons (Fsp3) is 0.312. The number of aryl methyl sites for hydroxylation is 1. The lowest BCUT2D eigenvalue weighted by Crippen LogP contribution is -2.44. The van der Waals surface area contributed by atoms with E-state index in [0.29, 0.717) is 0 Å². The number of halogens is 1. The molecule has 0 unspecified atom stereocenters. The van der Waals surface area contributed by atoms with Gasteiger partial charge in [-0.3, -0.25) is 9.78 Å². The molecule has 0 aliphatic heterocycles. The highest BCUT2D eigenvalue weighted by atomic mass is 35.5. The number of hydrogen-bond acceptors (Lipinski definition) is 3. The Balaban J connectivity index is 1.95. The molecule has 0 aliphatic rings. The molecule has 0 fully saturated rings. The zero-order valence-electron chi connectivity index (χ0n) is 12.1. The van der Waals surface area contributed by atoms with Gasteiger partial charge in [-0.15, -0.1) is 0 Å². The monoisotopic (exact) mass is 303 g/mol. The van der Waals surface area contributed by atoms with Gasteiger partial charge in [0, 0.05) is 5.54 Å². The van der Waals surface area contributed by atoms with Crippen molar-refractivity contribution in [3.63, 3.8) is 0 Å². The van der Waals surface area contributed by atoms with Gasteiger partial charge in [-0.05, 0) is 32.3 Å². The van der Waals surface area contributed by atoms with Gasteiger partial charge in [0.1, 0.15) is 10.8 Å². The van der Waals surface area contributed by atoms with E-state index >= 15 is 0 Å². The molecule has 1 aromatic heterocycles. The molecule has 2 aromatic rings. The van der Waals surface area contributed by atoms with Crippen LogP contribution in [0.2, 0.25) is 5.15 Å². The van der Waals surface area contributed by atoms with E-state index in [1.165, 1.54) is 18.0 Å². The van der Waals surface area contributed by atoms with Crippen molar-refractivity contribution in [2.45, 2.75) is 32.2 Å². The number of hydrogen-bond donors (Lipinski definition) is 1. The molecule has 1 heterocycles. The summed E-state index contributed by atoms with van der Waals surface area (Å²) in [7, 11) is 0. The highest BCUT2D eigenvalue weighted by molar-refractivity contribution is 6.29. The Morgan fingerprint density at radius 1 is 1.24 bits per heavy atom. The van der Waals surface area contributed by atoms with Gasteiger partial charge in [0.2, 0.25) is 0 Å². The molecule has 1 amide bonds. The van der Waals surface area contributed by atoms with E-state index in [1.54, 1.807) is 0 Å². The molecule has 0 spiro atoms. The largest absolute Gasteiger partial charge is 0.346 e. The predicted molar refractivity (Wildman–Crippen MR) is 83.4 cm³/mol. The first-order valence-electron chi connectivity index (χ1n) is 6.80. The topological polar surface area (TPSA) is 54.9 Å². The normalized spacial score (nSPS) is 11.2. The molecular weight excluding hydrogens is 286 g/mol. The van der Waals surface area contributed by atoms with E-state index in [0.717, 1.165) is 12.8 Å². The molecule has 0 atom stereocenters. The van der Waals surface area contributed by atoms with Crippen LogP contribution in [0.3, 0.4) is 0 Å². The quantitative estimate of drug-likeness (QED) is 0.922. The van der Waals surface area contributed by atoms with Crippen LogP contribution >= 0.6 is 11.6 Å². The van der Waals surface area contributed by atoms with Crippen molar-refractivity contribution < 1.29 is 4.79 Å². The zero-order valence-corrected chi connectivity index (χ0v) is 12.9. The maximum atomic E-state index is 12.2. The second-order valence-corrected chi connectivity index (χ2v) is 5.94. The van der Waals surface area contributed by atoms with E-state index in [-0.39, 0.29) is 22.3 Å². The van der Waals surface area contributed by atoms with Crippen molar-refractivity contribution in [3.05, 3.63) is 59.1 Å². The highest BCUT2D eigenvalue weighted by Gasteiger charge is 2.22. The fourth-order valence-electron chi connectivity index (χ4n) is 1.99. The van der Waals surface area contributed by atoms with Gasteiger partial charge in [-0.1, -0.05) is 41.9 Å². The molecule has 5 heteroatoms. The minimum absolute atomic E-state index is 0.213. The van der Waals surface area contributed by atoms with Crippen molar-refractivity contribution in [2.24, 2.45) is 0 Å². The Hall–Kier alpha value is -1.94. The van der Waals surface area contributed by atoms with Gasteiger partial charge in [0.05, 0.1) is 12.4 Å². The third-order valence-corrected chi connectivity index (χ3v) is 3.35. The molecule has 0 bridgehead atoms. The first-order valence-corrected chi connectivity index (χ1v) is 7.18. The van der Waals surface area contributed by atoms with E-state index in [1.807, 2.05) is 32.0 Å². The summed E-state index contributed by atoms with van der Waals surface area (Å²) in [5.41, 5.74) is 1.15. The summed E-state index contributed by atoms with van der Waals surface area (Å²) >= 11 is 5.75. The molecule has 0 saturated carbocycles. The number of nitrogens with zero attached hydrogens (tertiary/aromatic N) is 2. The van der Waals surface area contributed by atoms with Crippen LogP contribution in [0, 0.1) is 0 Å². The van der Waals surface area contributed by atoms with Crippen LogP contribution in [-0.4, -0.2) is 21.4 Å². The van der Waals surface area contributed by atoms with Gasteiger partial charge in [-0.2, -0.15) is 0 Å². The minimum atomic E-state index is -0.336. The zero-order chi connectivity index (χ0) is 15.3. The lowest BCUT2D eigenvalue weighted by atomic mass is 9.95. The van der Waals surface area contributed by atoms with Gasteiger partial charge >= 0.3 is 0 Å². The smallest absolute Gasteiger partial charge is 0.271 e. The third kappa shape index (κ3) is 4.83. The molecule has 0 saturated heterocycles. The molecule has 0 radical (unpaired) electrons. The second-order valence-electron chi connectivity index (χ2n) is 5.55. The number of benzene rings is 1. The Morgan fingerprint density at radius 2 is 1.95 bits per heavy atom. The average Bonchev–Trinajstić information content (AvgIpc) is 2.46. The SMILES string of the molecule is CC(C)(CCc1ccccc1)NC(=O)c1cncc(Cl)n1. The van der Waals surface area contributed by atoms with Gasteiger partial charge in [0.25, 0.3) is 5.91 Å². The minimum Gasteiger partial charge on any atom is -0.346 e. The summed E-state index contributed by atoms with van der Waals surface area (Å²) in [6.07, 6.45) is 4.54. The Bertz CT molecular complexity index is 614. The standard InChI is InChI=1S/C16H18ClN3O/c1-16(2,9-8-12-6-4-3-5-7-12)20-15(21)13-10-18-11-14(17)19-13/h3-7,10-11H,8-9H2,1-2H3,(H,20,21). The number of carbonyl (C=O) groups is 1. The number of aromatic nitrogens is 2. The van der Waals surface area contributed by atoms with E-state index < -0.39 is 0 Å². The molecular formula is C16H18ClN3O. The Morgan fingerprint density at radius 3 is 2.62 bits per heavy atom. The van der Waals surface area contributed by atoms with Crippen molar-refractivity contribution >= 4 is 17.5 Å². The van der Waals surface area contributed by atoms with E-state index in [9.17, 15) is 4.79 Å². The molecule has 2 rings (SSSR count). The summed E-state index contributed by atoms with van der Waals surface area (Å²) in [6.45, 7) is 3.98. The second kappa shape index (κ2) is 6.68. The number of nitrogens with one attached hydrogen (secondary N) is 1. The van der Waals surface area contributed by atoms with Gasteiger partial charge in [-0.25, -0.2) is 4.98 Å². The van der Waals surface area contributed by atoms with Crippen LogP contribution in [0.25, 0.3) is 0 Å². The van der Waals surface area contributed by atoms with Crippen LogP contribution in [0.1, 0.15) is 36.3 Å². The van der Waals surface area contributed by atoms with E-state index in [2.05, 4.69) is 27.4 Å². The summed E-state index contributed by atoms with van der Waals surface area (Å²) in [4.78, 5) is 20.0. The van der Waals surface area contributed by atoms with E-state index in [4.69, 9.17) is 11.6 Å².